The van der Waals surface area contributed by atoms with Crippen LogP contribution in [0, 0.1) is 13.8 Å². The molecule has 0 aliphatic carbocycles. The quantitative estimate of drug-likeness (QED) is 0.451. The molecule has 4 heteroatoms. The molecule has 0 fully saturated rings. The fourth-order valence-electron chi connectivity index (χ4n) is 2.45. The molecule has 2 aromatic carbocycles. The molecule has 3 rings (SSSR count). The first-order valence-corrected chi connectivity index (χ1v) is 9.62. The lowest BCUT2D eigenvalue weighted by Crippen LogP contribution is -1.89. The van der Waals surface area contributed by atoms with Crippen molar-refractivity contribution in [3.05, 3.63) is 89.2 Å². The van der Waals surface area contributed by atoms with Gasteiger partial charge in [-0.25, -0.2) is 0 Å². The van der Waals surface area contributed by atoms with Crippen molar-refractivity contribution in [3.63, 3.8) is 0 Å². The molecule has 1 heterocycles. The van der Waals surface area contributed by atoms with Crippen LogP contribution in [0.25, 0.3) is 12.2 Å². The number of aliphatic hydroxyl groups excluding tert-OH is 1. The minimum atomic E-state index is -0.317. The fourth-order valence-corrected chi connectivity index (χ4v) is 3.16. The number of thioether (sulfide) groups is 1. The molecule has 1 unspecified atom stereocenters. The molecule has 1 atom stereocenters. The van der Waals surface area contributed by atoms with Gasteiger partial charge >= 0.3 is 0 Å². The molecule has 3 aromatic rings. The first-order chi connectivity index (χ1) is 13.0. The molecule has 0 aliphatic rings. The smallest absolute Gasteiger partial charge is 0.121 e. The van der Waals surface area contributed by atoms with E-state index in [9.17, 15) is 5.11 Å². The third-order valence-electron chi connectivity index (χ3n) is 3.72. The molecule has 27 heavy (non-hydrogen) atoms. The lowest BCUT2D eigenvalue weighted by atomic mass is 10.0. The van der Waals surface area contributed by atoms with E-state index in [1.807, 2.05) is 86.8 Å². The number of hydrogen-bond donors (Lipinski definition) is 2. The largest absolute Gasteiger partial charge is 0.507 e. The Morgan fingerprint density at radius 2 is 1.56 bits per heavy atom. The molecule has 0 aliphatic heterocycles. The van der Waals surface area contributed by atoms with E-state index in [-0.39, 0.29) is 5.44 Å². The summed E-state index contributed by atoms with van der Waals surface area (Å²) >= 11 is 1.45. The summed E-state index contributed by atoms with van der Waals surface area (Å²) in [6.07, 6.45) is 7.61. The van der Waals surface area contributed by atoms with Gasteiger partial charge < -0.3 is 10.2 Å². The first kappa shape index (κ1) is 20.7. The summed E-state index contributed by atoms with van der Waals surface area (Å²) in [6.45, 7) is 5.57. The van der Waals surface area contributed by atoms with Crippen LogP contribution in [0.15, 0.2) is 71.9 Å². The van der Waals surface area contributed by atoms with Crippen LogP contribution in [0.1, 0.15) is 29.2 Å². The Morgan fingerprint density at radius 3 is 2.11 bits per heavy atom. The van der Waals surface area contributed by atoms with E-state index < -0.39 is 0 Å². The molecule has 1 aromatic heterocycles. The minimum absolute atomic E-state index is 0.317. The van der Waals surface area contributed by atoms with Crippen molar-refractivity contribution in [3.8, 4) is 5.75 Å². The van der Waals surface area contributed by atoms with Crippen molar-refractivity contribution in [1.82, 2.24) is 4.98 Å². The van der Waals surface area contributed by atoms with Crippen LogP contribution in [-0.2, 0) is 0 Å². The van der Waals surface area contributed by atoms with E-state index in [2.05, 4.69) is 4.98 Å². The summed E-state index contributed by atoms with van der Waals surface area (Å²) < 4.78 is 0. The first-order valence-electron chi connectivity index (χ1n) is 8.74. The summed E-state index contributed by atoms with van der Waals surface area (Å²) in [6, 6.07) is 17.7. The highest BCUT2D eigenvalue weighted by molar-refractivity contribution is 7.99. The Bertz CT molecular complexity index is 839. The summed E-state index contributed by atoms with van der Waals surface area (Å²) in [5.41, 5.74) is 3.63. The highest BCUT2D eigenvalue weighted by Gasteiger charge is 2.01. The van der Waals surface area contributed by atoms with Gasteiger partial charge in [0.25, 0.3) is 0 Å². The van der Waals surface area contributed by atoms with Crippen molar-refractivity contribution >= 4 is 23.9 Å². The van der Waals surface area contributed by atoms with Crippen LogP contribution in [0.2, 0.25) is 0 Å². The number of phenolic OH excluding ortho intramolecular Hbond substituents is 1. The average molecular weight is 380 g/mol. The molecule has 140 valence electrons. The van der Waals surface area contributed by atoms with Gasteiger partial charge in [0.05, 0.1) is 0 Å². The van der Waals surface area contributed by atoms with Crippen molar-refractivity contribution in [1.29, 1.82) is 0 Å². The molecule has 0 saturated carbocycles. The summed E-state index contributed by atoms with van der Waals surface area (Å²) in [5.74, 6) is 0.378. The SMILES string of the molecule is CC(O)Sc1ccccc1.Cc1cc(/C=C/c2cccnc2)cc(C)c1O. The van der Waals surface area contributed by atoms with Crippen LogP contribution in [-0.4, -0.2) is 20.6 Å². The number of aliphatic hydroxyl groups is 1. The van der Waals surface area contributed by atoms with E-state index >= 15 is 0 Å². The molecule has 3 nitrogen and oxygen atoms in total. The van der Waals surface area contributed by atoms with Crippen LogP contribution in [0.4, 0.5) is 0 Å². The number of hydrogen-bond acceptors (Lipinski definition) is 4. The topological polar surface area (TPSA) is 53.4 Å². The van der Waals surface area contributed by atoms with Crippen LogP contribution in [0.3, 0.4) is 0 Å². The summed E-state index contributed by atoms with van der Waals surface area (Å²) in [4.78, 5) is 5.16. The zero-order chi connectivity index (χ0) is 19.6. The number of aromatic nitrogens is 1. The number of rotatable bonds is 4. The number of aryl methyl sites for hydroxylation is 2. The van der Waals surface area contributed by atoms with Gasteiger partial charge in [-0.2, -0.15) is 0 Å². The Morgan fingerprint density at radius 1 is 0.926 bits per heavy atom. The van der Waals surface area contributed by atoms with Crippen molar-refractivity contribution in [2.45, 2.75) is 31.1 Å². The van der Waals surface area contributed by atoms with Crippen LogP contribution < -0.4 is 0 Å². The van der Waals surface area contributed by atoms with E-state index in [4.69, 9.17) is 5.11 Å². The average Bonchev–Trinajstić information content (AvgIpc) is 2.66. The zero-order valence-corrected chi connectivity index (χ0v) is 16.6. The maximum Gasteiger partial charge on any atom is 0.121 e. The number of aromatic hydroxyl groups is 1. The molecule has 0 amide bonds. The summed E-state index contributed by atoms with van der Waals surface area (Å²) in [7, 11) is 0. The highest BCUT2D eigenvalue weighted by Crippen LogP contribution is 2.24. The lowest BCUT2D eigenvalue weighted by molar-refractivity contribution is 0.284. The number of pyridine rings is 1. The van der Waals surface area contributed by atoms with Gasteiger partial charge in [-0.15, -0.1) is 0 Å². The Kier molecular flexibility index (Phi) is 8.11. The predicted octanol–water partition coefficient (Wildman–Crippen LogP) is 5.69. The van der Waals surface area contributed by atoms with Gasteiger partial charge in [-0.05, 0) is 73.4 Å². The third-order valence-corrected chi connectivity index (χ3v) is 4.60. The van der Waals surface area contributed by atoms with E-state index in [1.54, 1.807) is 13.1 Å². The fraction of sp³-hybridized carbons (Fsp3) is 0.174. The number of benzene rings is 2. The van der Waals surface area contributed by atoms with Gasteiger partial charge in [-0.1, -0.05) is 48.2 Å². The van der Waals surface area contributed by atoms with Gasteiger partial charge in [0.15, 0.2) is 0 Å². The molecule has 0 spiro atoms. The van der Waals surface area contributed by atoms with Crippen molar-refractivity contribution in [2.24, 2.45) is 0 Å². The second-order valence-electron chi connectivity index (χ2n) is 6.15. The van der Waals surface area contributed by atoms with Gasteiger partial charge in [0.1, 0.15) is 11.2 Å². The van der Waals surface area contributed by atoms with E-state index in [0.717, 1.165) is 27.1 Å². The molecule has 0 bridgehead atoms. The molecule has 2 N–H and O–H groups in total. The Hall–Kier alpha value is -2.56. The van der Waals surface area contributed by atoms with E-state index in [1.165, 1.54) is 11.8 Å². The second kappa shape index (κ2) is 10.6. The highest BCUT2D eigenvalue weighted by atomic mass is 32.2. The Balaban J connectivity index is 0.000000223. The van der Waals surface area contributed by atoms with Crippen LogP contribution >= 0.6 is 11.8 Å². The molecular weight excluding hydrogens is 354 g/mol. The Labute approximate surface area is 165 Å². The van der Waals surface area contributed by atoms with Crippen molar-refractivity contribution < 1.29 is 10.2 Å². The van der Waals surface area contributed by atoms with E-state index in [0.29, 0.717) is 5.75 Å². The maximum absolute atomic E-state index is 9.68. The van der Waals surface area contributed by atoms with Gasteiger partial charge in [0, 0.05) is 17.3 Å². The standard InChI is InChI=1S/C15H15NO.C8H10OS/c1-11-8-14(9-12(2)15(11)17)6-5-13-4-3-7-16-10-13;1-7(9)10-8-5-3-2-4-6-8/h3-10,17H,1-2H3;2-7,9H,1H3/b6-5+;. The number of nitrogens with zero attached hydrogens (tertiary/aromatic N) is 1. The van der Waals surface area contributed by atoms with Crippen LogP contribution in [0.5, 0.6) is 5.75 Å². The third kappa shape index (κ3) is 7.29. The van der Waals surface area contributed by atoms with Gasteiger partial charge in [-0.3, -0.25) is 4.98 Å². The molecule has 0 radical (unpaired) electrons. The predicted molar refractivity (Wildman–Crippen MR) is 115 cm³/mol. The summed E-state index contributed by atoms with van der Waals surface area (Å²) in [5, 5.41) is 18.7. The normalized spacial score (nSPS) is 11.7. The van der Waals surface area contributed by atoms with Gasteiger partial charge in [0.2, 0.25) is 0 Å². The lowest BCUT2D eigenvalue weighted by Gasteiger charge is -2.04. The molecular formula is C23H25NO2S. The maximum atomic E-state index is 9.68. The molecule has 0 saturated heterocycles. The monoisotopic (exact) mass is 379 g/mol. The zero-order valence-electron chi connectivity index (χ0n) is 15.8. The number of phenols is 1. The van der Waals surface area contributed by atoms with Crippen molar-refractivity contribution in [2.75, 3.05) is 0 Å². The second-order valence-corrected chi connectivity index (χ2v) is 7.54. The minimum Gasteiger partial charge on any atom is -0.507 e.